The molecule has 0 spiro atoms. The molecule has 2 aromatic heterocycles. The van der Waals surface area contributed by atoms with E-state index in [4.69, 9.17) is 29.4 Å². The van der Waals surface area contributed by atoms with Crippen molar-refractivity contribution in [3.63, 3.8) is 0 Å². The van der Waals surface area contributed by atoms with Gasteiger partial charge in [0.15, 0.2) is 17.3 Å². The lowest BCUT2D eigenvalue weighted by molar-refractivity contribution is 0.103. The van der Waals surface area contributed by atoms with Gasteiger partial charge in [0, 0.05) is 24.5 Å². The SMILES string of the molecule is COc1ccc(CNc2nc(OCc3ccccn3)ncc2C(=O)c2cc(OC)c(OC)c(OC)c2)cc1N. The summed E-state index contributed by atoms with van der Waals surface area (Å²) in [6, 6.07) is 14.2. The molecule has 0 radical (unpaired) electrons. The van der Waals surface area contributed by atoms with E-state index in [0.29, 0.717) is 46.5 Å². The largest absolute Gasteiger partial charge is 0.495 e. The predicted octanol–water partition coefficient (Wildman–Crippen LogP) is 3.91. The third-order valence-electron chi connectivity index (χ3n) is 5.77. The van der Waals surface area contributed by atoms with Gasteiger partial charge in [-0.25, -0.2) is 4.98 Å². The fourth-order valence-electron chi connectivity index (χ4n) is 3.81. The maximum Gasteiger partial charge on any atom is 0.318 e. The van der Waals surface area contributed by atoms with Gasteiger partial charge in [0.1, 0.15) is 18.2 Å². The monoisotopic (exact) mass is 531 g/mol. The number of benzene rings is 2. The molecule has 0 saturated carbocycles. The Morgan fingerprint density at radius 2 is 1.64 bits per heavy atom. The average Bonchev–Trinajstić information content (AvgIpc) is 2.98. The van der Waals surface area contributed by atoms with Crippen LogP contribution >= 0.6 is 0 Å². The molecule has 0 aliphatic rings. The van der Waals surface area contributed by atoms with E-state index < -0.39 is 0 Å². The molecule has 0 aliphatic heterocycles. The van der Waals surface area contributed by atoms with E-state index >= 15 is 0 Å². The summed E-state index contributed by atoms with van der Waals surface area (Å²) in [5.74, 6) is 1.56. The van der Waals surface area contributed by atoms with Gasteiger partial charge in [-0.05, 0) is 42.0 Å². The molecule has 0 amide bonds. The van der Waals surface area contributed by atoms with E-state index in [1.165, 1.54) is 27.5 Å². The van der Waals surface area contributed by atoms with Crippen molar-refractivity contribution in [2.75, 3.05) is 39.5 Å². The number of ether oxygens (including phenoxy) is 5. The van der Waals surface area contributed by atoms with Gasteiger partial charge in [0.05, 0.1) is 45.4 Å². The van der Waals surface area contributed by atoms with Gasteiger partial charge in [0.25, 0.3) is 0 Å². The molecule has 0 atom stereocenters. The van der Waals surface area contributed by atoms with E-state index in [-0.39, 0.29) is 29.8 Å². The number of carbonyl (C=O) groups excluding carboxylic acids is 1. The highest BCUT2D eigenvalue weighted by atomic mass is 16.5. The van der Waals surface area contributed by atoms with Gasteiger partial charge in [-0.15, -0.1) is 0 Å². The number of nitrogen functional groups attached to an aromatic ring is 1. The average molecular weight is 532 g/mol. The van der Waals surface area contributed by atoms with Crippen molar-refractivity contribution >= 4 is 17.3 Å². The minimum absolute atomic E-state index is 0.0823. The Morgan fingerprint density at radius 1 is 0.897 bits per heavy atom. The van der Waals surface area contributed by atoms with E-state index in [0.717, 1.165) is 5.56 Å². The van der Waals surface area contributed by atoms with Crippen LogP contribution in [0, 0.1) is 0 Å². The van der Waals surface area contributed by atoms with Crippen molar-refractivity contribution in [3.8, 4) is 29.0 Å². The molecule has 4 rings (SSSR count). The number of nitrogens with zero attached hydrogens (tertiary/aromatic N) is 3. The van der Waals surface area contributed by atoms with Crippen LogP contribution in [0.1, 0.15) is 27.2 Å². The smallest absolute Gasteiger partial charge is 0.318 e. The zero-order valence-electron chi connectivity index (χ0n) is 22.1. The zero-order valence-corrected chi connectivity index (χ0v) is 22.1. The Morgan fingerprint density at radius 3 is 2.26 bits per heavy atom. The first-order valence-corrected chi connectivity index (χ1v) is 11.9. The van der Waals surface area contributed by atoms with Crippen LogP contribution in [-0.2, 0) is 13.2 Å². The summed E-state index contributed by atoms with van der Waals surface area (Å²) in [5.41, 5.74) is 8.64. The Labute approximate surface area is 225 Å². The molecule has 2 heterocycles. The Bertz CT molecular complexity index is 1420. The lowest BCUT2D eigenvalue weighted by Crippen LogP contribution is -2.13. The van der Waals surface area contributed by atoms with E-state index in [1.807, 2.05) is 24.3 Å². The van der Waals surface area contributed by atoms with Gasteiger partial charge in [-0.1, -0.05) is 12.1 Å². The molecule has 4 aromatic rings. The summed E-state index contributed by atoms with van der Waals surface area (Å²) in [5, 5.41) is 3.21. The molecule has 0 fully saturated rings. The highest BCUT2D eigenvalue weighted by molar-refractivity contribution is 6.12. The number of hydrogen-bond donors (Lipinski definition) is 2. The molecule has 11 heteroatoms. The standard InChI is InChI=1S/C28H29N5O6/c1-35-22-9-8-17(11-21(22)29)14-31-27-20(15-32-28(33-27)39-16-19-7-5-6-10-30-19)25(34)18-12-23(36-2)26(38-4)24(13-18)37-3/h5-13,15H,14,16,29H2,1-4H3,(H,31,32,33). The predicted molar refractivity (Wildman–Crippen MR) is 145 cm³/mol. The van der Waals surface area contributed by atoms with Crippen molar-refractivity contribution < 1.29 is 28.5 Å². The first kappa shape index (κ1) is 27.0. The second-order valence-corrected chi connectivity index (χ2v) is 8.20. The molecule has 202 valence electrons. The molecule has 0 bridgehead atoms. The first-order valence-electron chi connectivity index (χ1n) is 11.9. The minimum Gasteiger partial charge on any atom is -0.495 e. The number of methoxy groups -OCH3 is 4. The molecular weight excluding hydrogens is 502 g/mol. The zero-order chi connectivity index (χ0) is 27.8. The van der Waals surface area contributed by atoms with Crippen LogP contribution in [0.25, 0.3) is 0 Å². The van der Waals surface area contributed by atoms with Gasteiger partial charge >= 0.3 is 6.01 Å². The van der Waals surface area contributed by atoms with Gasteiger partial charge in [-0.2, -0.15) is 4.98 Å². The Kier molecular flexibility index (Phi) is 8.62. The number of ketones is 1. The van der Waals surface area contributed by atoms with Crippen molar-refractivity contribution in [2.45, 2.75) is 13.2 Å². The van der Waals surface area contributed by atoms with E-state index in [2.05, 4.69) is 20.3 Å². The highest BCUT2D eigenvalue weighted by Crippen LogP contribution is 2.39. The minimum atomic E-state index is -0.359. The summed E-state index contributed by atoms with van der Waals surface area (Å²) < 4.78 is 27.2. The van der Waals surface area contributed by atoms with Crippen molar-refractivity contribution in [3.05, 3.63) is 83.3 Å². The van der Waals surface area contributed by atoms with Crippen molar-refractivity contribution in [1.29, 1.82) is 0 Å². The molecule has 0 saturated heterocycles. The lowest BCUT2D eigenvalue weighted by atomic mass is 10.0. The summed E-state index contributed by atoms with van der Waals surface area (Å²) in [6.07, 6.45) is 3.09. The molecular formula is C28H29N5O6. The third kappa shape index (κ3) is 6.27. The quantitative estimate of drug-likeness (QED) is 0.203. The Hall–Kier alpha value is -5.06. The van der Waals surface area contributed by atoms with E-state index in [9.17, 15) is 4.79 Å². The molecule has 3 N–H and O–H groups in total. The van der Waals surface area contributed by atoms with Gasteiger partial charge in [-0.3, -0.25) is 9.78 Å². The summed E-state index contributed by atoms with van der Waals surface area (Å²) in [4.78, 5) is 26.7. The van der Waals surface area contributed by atoms with E-state index in [1.54, 1.807) is 37.6 Å². The summed E-state index contributed by atoms with van der Waals surface area (Å²) in [7, 11) is 6.01. The second-order valence-electron chi connectivity index (χ2n) is 8.20. The fourth-order valence-corrected chi connectivity index (χ4v) is 3.81. The van der Waals surface area contributed by atoms with Crippen LogP contribution in [0.2, 0.25) is 0 Å². The maximum absolute atomic E-state index is 13.7. The van der Waals surface area contributed by atoms with Crippen LogP contribution in [0.15, 0.2) is 60.9 Å². The number of rotatable bonds is 12. The highest BCUT2D eigenvalue weighted by Gasteiger charge is 2.22. The van der Waals surface area contributed by atoms with Crippen LogP contribution < -0.4 is 34.7 Å². The third-order valence-corrected chi connectivity index (χ3v) is 5.77. The van der Waals surface area contributed by atoms with Crippen LogP contribution in [-0.4, -0.2) is 49.2 Å². The number of nitrogens with one attached hydrogen (secondary N) is 1. The topological polar surface area (TPSA) is 140 Å². The number of hydrogen-bond acceptors (Lipinski definition) is 11. The van der Waals surface area contributed by atoms with Crippen LogP contribution in [0.5, 0.6) is 29.0 Å². The summed E-state index contributed by atoms with van der Waals surface area (Å²) in [6.45, 7) is 0.482. The number of anilines is 2. The van der Waals surface area contributed by atoms with Crippen LogP contribution in [0.3, 0.4) is 0 Å². The molecule has 0 aliphatic carbocycles. The summed E-state index contributed by atoms with van der Waals surface area (Å²) >= 11 is 0. The molecule has 39 heavy (non-hydrogen) atoms. The Balaban J connectivity index is 1.67. The number of carbonyl (C=O) groups is 1. The number of pyridine rings is 1. The maximum atomic E-state index is 13.7. The molecule has 11 nitrogen and oxygen atoms in total. The molecule has 0 unspecified atom stereocenters. The van der Waals surface area contributed by atoms with Gasteiger partial charge < -0.3 is 34.7 Å². The first-order chi connectivity index (χ1) is 19.0. The van der Waals surface area contributed by atoms with Gasteiger partial charge in [0.2, 0.25) is 5.75 Å². The van der Waals surface area contributed by atoms with Crippen LogP contribution in [0.4, 0.5) is 11.5 Å². The molecule has 2 aromatic carbocycles. The van der Waals surface area contributed by atoms with Crippen molar-refractivity contribution in [2.24, 2.45) is 0 Å². The normalized spacial score (nSPS) is 10.5. The number of aromatic nitrogens is 3. The second kappa shape index (κ2) is 12.5. The van der Waals surface area contributed by atoms with Crippen molar-refractivity contribution in [1.82, 2.24) is 15.0 Å². The lowest BCUT2D eigenvalue weighted by Gasteiger charge is -2.15. The fraction of sp³-hybridized carbons (Fsp3) is 0.214. The number of nitrogens with two attached hydrogens (primary N) is 1.